The van der Waals surface area contributed by atoms with Crippen LogP contribution >= 0.6 is 11.3 Å². The third-order valence-corrected chi connectivity index (χ3v) is 2.20. The van der Waals surface area contributed by atoms with Crippen LogP contribution in [0.15, 0.2) is 0 Å². The number of nitrogens with two attached hydrogens (primary N) is 1. The van der Waals surface area contributed by atoms with E-state index in [2.05, 4.69) is 9.72 Å². The van der Waals surface area contributed by atoms with Crippen LogP contribution in [-0.4, -0.2) is 16.9 Å². The predicted molar refractivity (Wildman–Crippen MR) is 48.5 cm³/mol. The average molecular weight is 224 g/mol. The summed E-state index contributed by atoms with van der Waals surface area (Å²) >= 11 is 1.00. The summed E-state index contributed by atoms with van der Waals surface area (Å²) in [6.07, 6.45) is 0. The van der Waals surface area contributed by atoms with E-state index in [0.717, 1.165) is 18.3 Å². The Labute approximate surface area is 108 Å². The summed E-state index contributed by atoms with van der Waals surface area (Å²) in [5.74, 6) is -1.34. The number of hydrogen-bond acceptors (Lipinski definition) is 6. The summed E-state index contributed by atoms with van der Waals surface area (Å²) in [6.45, 7) is 2.79. The van der Waals surface area contributed by atoms with Crippen molar-refractivity contribution < 1.29 is 45.3 Å². The minimum Gasteiger partial charge on any atom is -1.00 e. The Balaban J connectivity index is 0. The van der Waals surface area contributed by atoms with Crippen LogP contribution in [-0.2, 0) is 9.53 Å². The summed E-state index contributed by atoms with van der Waals surface area (Å²) < 4.78 is 4.37. The molecule has 0 saturated heterocycles. The third-order valence-electron chi connectivity index (χ3n) is 1.23. The molecule has 0 bridgehead atoms. The molecule has 14 heavy (non-hydrogen) atoms. The van der Waals surface area contributed by atoms with Crippen LogP contribution in [0.25, 0.3) is 0 Å². The first kappa shape index (κ1) is 13.6. The standard InChI is InChI=1S/C7H8N2O3S.Na.H/c1-3-5(13-7(8)9-3)6(11)12-4(2)10;;/h1-2H3,(H2,8,9);;/q;+1;-1. The second-order valence-corrected chi connectivity index (χ2v) is 3.38. The smallest absolute Gasteiger partial charge is 1.00 e. The Bertz CT molecular complexity index is 369. The first-order valence-electron chi connectivity index (χ1n) is 3.46. The fraction of sp³-hybridized carbons (Fsp3) is 0.286. The quantitative estimate of drug-likeness (QED) is 0.334. The predicted octanol–water partition coefficient (Wildman–Crippen LogP) is -2.15. The van der Waals surface area contributed by atoms with Gasteiger partial charge in [-0.25, -0.2) is 9.78 Å². The van der Waals surface area contributed by atoms with Crippen molar-refractivity contribution in [3.8, 4) is 0 Å². The van der Waals surface area contributed by atoms with Gasteiger partial charge in [0.2, 0.25) is 0 Å². The number of anilines is 1. The van der Waals surface area contributed by atoms with Gasteiger partial charge in [0.05, 0.1) is 5.69 Å². The zero-order valence-corrected chi connectivity index (χ0v) is 11.0. The van der Waals surface area contributed by atoms with Gasteiger partial charge >= 0.3 is 41.5 Å². The van der Waals surface area contributed by atoms with E-state index in [1.165, 1.54) is 0 Å². The number of aromatic nitrogens is 1. The number of rotatable bonds is 1. The van der Waals surface area contributed by atoms with E-state index in [4.69, 9.17) is 5.73 Å². The molecule has 1 aromatic heterocycles. The molecule has 1 rings (SSSR count). The van der Waals surface area contributed by atoms with Gasteiger partial charge in [0, 0.05) is 6.92 Å². The Hall–Kier alpha value is -0.430. The topological polar surface area (TPSA) is 82.3 Å². The summed E-state index contributed by atoms with van der Waals surface area (Å²) in [5, 5.41) is 0.285. The number of hydrogen-bond donors (Lipinski definition) is 1. The zero-order chi connectivity index (χ0) is 10.0. The van der Waals surface area contributed by atoms with Crippen molar-refractivity contribution in [1.82, 2.24) is 4.98 Å². The number of aryl methyl sites for hydroxylation is 1. The van der Waals surface area contributed by atoms with Crippen LogP contribution in [0.1, 0.15) is 23.7 Å². The van der Waals surface area contributed by atoms with E-state index in [9.17, 15) is 9.59 Å². The molecule has 0 aliphatic carbocycles. The molecule has 0 unspecified atom stereocenters. The van der Waals surface area contributed by atoms with E-state index < -0.39 is 11.9 Å². The molecular weight excluding hydrogens is 215 g/mol. The largest absolute Gasteiger partial charge is 1.00 e. The number of carbonyl (C=O) groups is 2. The van der Waals surface area contributed by atoms with Crippen LogP contribution in [0.5, 0.6) is 0 Å². The van der Waals surface area contributed by atoms with Crippen LogP contribution in [0.4, 0.5) is 5.13 Å². The zero-order valence-electron chi connectivity index (χ0n) is 9.16. The summed E-state index contributed by atoms with van der Waals surface area (Å²) in [5.41, 5.74) is 5.84. The number of ether oxygens (including phenoxy) is 1. The van der Waals surface area contributed by atoms with E-state index in [-0.39, 0.29) is 41.0 Å². The number of thiazole rings is 1. The maximum absolute atomic E-state index is 11.2. The number of esters is 2. The minimum absolute atomic E-state index is 0. The fourth-order valence-corrected chi connectivity index (χ4v) is 1.49. The molecular formula is C7H9N2NaO3S. The van der Waals surface area contributed by atoms with Gasteiger partial charge in [0.1, 0.15) is 4.88 Å². The molecule has 1 heterocycles. The van der Waals surface area contributed by atoms with Gasteiger partial charge in [-0.1, -0.05) is 11.3 Å². The number of nitrogens with zero attached hydrogens (tertiary/aromatic N) is 1. The monoisotopic (exact) mass is 224 g/mol. The maximum atomic E-state index is 11.2. The fourth-order valence-electron chi connectivity index (χ4n) is 0.784. The molecule has 0 atom stereocenters. The molecule has 1 aromatic rings. The summed E-state index contributed by atoms with van der Waals surface area (Å²) in [7, 11) is 0. The molecule has 72 valence electrons. The second-order valence-electron chi connectivity index (χ2n) is 2.35. The van der Waals surface area contributed by atoms with E-state index in [0.29, 0.717) is 5.69 Å². The van der Waals surface area contributed by atoms with Crippen molar-refractivity contribution >= 4 is 28.4 Å². The first-order valence-corrected chi connectivity index (χ1v) is 4.28. The van der Waals surface area contributed by atoms with Crippen molar-refractivity contribution in [1.29, 1.82) is 0 Å². The third kappa shape index (κ3) is 3.38. The van der Waals surface area contributed by atoms with Crippen LogP contribution in [0, 0.1) is 6.92 Å². The molecule has 2 N–H and O–H groups in total. The van der Waals surface area contributed by atoms with Crippen molar-refractivity contribution in [2.75, 3.05) is 5.73 Å². The molecule has 5 nitrogen and oxygen atoms in total. The van der Waals surface area contributed by atoms with Gasteiger partial charge < -0.3 is 11.9 Å². The summed E-state index contributed by atoms with van der Waals surface area (Å²) in [4.78, 5) is 25.7. The Morgan fingerprint density at radius 2 is 2.14 bits per heavy atom. The normalized spacial score (nSPS) is 9.00. The first-order chi connectivity index (χ1) is 6.00. The molecule has 0 fully saturated rings. The maximum Gasteiger partial charge on any atom is 1.00 e. The van der Waals surface area contributed by atoms with Gasteiger partial charge in [0.15, 0.2) is 5.13 Å². The van der Waals surface area contributed by atoms with Crippen LogP contribution < -0.4 is 35.3 Å². The Kier molecular flexibility index (Phi) is 5.28. The second kappa shape index (κ2) is 5.45. The molecule has 7 heteroatoms. The Morgan fingerprint density at radius 3 is 2.50 bits per heavy atom. The van der Waals surface area contributed by atoms with Gasteiger partial charge in [0.25, 0.3) is 0 Å². The van der Waals surface area contributed by atoms with Gasteiger partial charge in [-0.15, -0.1) is 0 Å². The van der Waals surface area contributed by atoms with Crippen molar-refractivity contribution in [2.45, 2.75) is 13.8 Å². The molecule has 0 saturated carbocycles. The van der Waals surface area contributed by atoms with Crippen molar-refractivity contribution in [3.05, 3.63) is 10.6 Å². The molecule has 0 amide bonds. The van der Waals surface area contributed by atoms with Crippen molar-refractivity contribution in [3.63, 3.8) is 0 Å². The van der Waals surface area contributed by atoms with E-state index >= 15 is 0 Å². The molecule has 0 aliphatic rings. The average Bonchev–Trinajstić information content (AvgIpc) is 2.28. The van der Waals surface area contributed by atoms with Gasteiger partial charge in [-0.05, 0) is 6.92 Å². The molecule has 0 spiro atoms. The van der Waals surface area contributed by atoms with Crippen LogP contribution in [0.3, 0.4) is 0 Å². The number of carbonyl (C=O) groups excluding carboxylic acids is 2. The Morgan fingerprint density at radius 1 is 1.57 bits per heavy atom. The number of nitrogen functional groups attached to an aromatic ring is 1. The SMILES string of the molecule is CC(=O)OC(=O)c1sc(N)nc1C.[H-].[Na+]. The van der Waals surface area contributed by atoms with E-state index in [1.807, 2.05) is 0 Å². The summed E-state index contributed by atoms with van der Waals surface area (Å²) in [6, 6.07) is 0. The van der Waals surface area contributed by atoms with Crippen LogP contribution in [0.2, 0.25) is 0 Å². The molecule has 0 aromatic carbocycles. The molecule has 0 aliphatic heterocycles. The molecule has 0 radical (unpaired) electrons. The van der Waals surface area contributed by atoms with Gasteiger partial charge in [-0.3, -0.25) is 4.79 Å². The van der Waals surface area contributed by atoms with Gasteiger partial charge in [-0.2, -0.15) is 0 Å². The minimum atomic E-state index is -0.695. The van der Waals surface area contributed by atoms with E-state index in [1.54, 1.807) is 6.92 Å². The van der Waals surface area contributed by atoms with Crippen molar-refractivity contribution in [2.24, 2.45) is 0 Å².